The Morgan fingerprint density at radius 1 is 1.21 bits per heavy atom. The molecule has 2 saturated carbocycles. The number of likely N-dealkylation sites (N-methyl/N-ethyl adjacent to an activating group) is 1. The summed E-state index contributed by atoms with van der Waals surface area (Å²) in [7, 11) is 4.11. The van der Waals surface area contributed by atoms with Crippen LogP contribution in [0.15, 0.2) is 0 Å². The zero-order valence-corrected chi connectivity index (χ0v) is 13.2. The molecule has 0 amide bonds. The van der Waals surface area contributed by atoms with Crippen LogP contribution in [0.5, 0.6) is 0 Å². The molecule has 1 unspecified atom stereocenters. The number of nitrogens with zero attached hydrogens (tertiary/aromatic N) is 1. The van der Waals surface area contributed by atoms with Crippen molar-refractivity contribution in [2.45, 2.75) is 70.5 Å². The molecule has 1 atom stereocenters. The first kappa shape index (κ1) is 15.3. The Balaban J connectivity index is 1.81. The van der Waals surface area contributed by atoms with Crippen LogP contribution in [0.25, 0.3) is 0 Å². The van der Waals surface area contributed by atoms with Gasteiger partial charge in [-0.1, -0.05) is 13.8 Å². The number of nitrogens with one attached hydrogen (secondary N) is 1. The minimum absolute atomic E-state index is 0.525. The first-order chi connectivity index (χ1) is 9.02. The molecular formula is C16H32N2O. The van der Waals surface area contributed by atoms with Crippen LogP contribution in [-0.2, 0) is 4.74 Å². The second kappa shape index (κ2) is 6.55. The number of ether oxygens (including phenoxy) is 1. The predicted molar refractivity (Wildman–Crippen MR) is 80.5 cm³/mol. The molecule has 0 aromatic rings. The molecule has 0 saturated heterocycles. The fourth-order valence-electron chi connectivity index (χ4n) is 3.19. The molecule has 0 aromatic carbocycles. The summed E-state index contributed by atoms with van der Waals surface area (Å²) in [6.07, 6.45) is 8.12. The van der Waals surface area contributed by atoms with E-state index in [0.717, 1.165) is 25.2 Å². The summed E-state index contributed by atoms with van der Waals surface area (Å²) in [5.74, 6) is 0. The van der Waals surface area contributed by atoms with E-state index in [9.17, 15) is 0 Å². The summed E-state index contributed by atoms with van der Waals surface area (Å²) >= 11 is 0. The molecule has 0 radical (unpaired) electrons. The molecule has 0 bridgehead atoms. The summed E-state index contributed by atoms with van der Waals surface area (Å²) in [6, 6.07) is 2.06. The van der Waals surface area contributed by atoms with Crippen molar-refractivity contribution >= 4 is 0 Å². The number of methoxy groups -OCH3 is 1. The lowest BCUT2D eigenvalue weighted by atomic mass is 9.75. The van der Waals surface area contributed by atoms with Crippen LogP contribution in [0.3, 0.4) is 0 Å². The van der Waals surface area contributed by atoms with E-state index < -0.39 is 0 Å². The summed E-state index contributed by atoms with van der Waals surface area (Å²) in [5.41, 5.74) is 0.556. The molecule has 3 heteroatoms. The van der Waals surface area contributed by atoms with Crippen molar-refractivity contribution in [2.75, 3.05) is 27.3 Å². The highest BCUT2D eigenvalue weighted by Crippen LogP contribution is 2.37. The van der Waals surface area contributed by atoms with Gasteiger partial charge < -0.3 is 10.1 Å². The molecule has 112 valence electrons. The van der Waals surface area contributed by atoms with E-state index in [1.54, 1.807) is 0 Å². The van der Waals surface area contributed by atoms with Crippen LogP contribution in [0.1, 0.15) is 52.4 Å². The zero-order valence-electron chi connectivity index (χ0n) is 13.2. The van der Waals surface area contributed by atoms with Gasteiger partial charge in [0, 0.05) is 31.8 Å². The molecule has 19 heavy (non-hydrogen) atoms. The topological polar surface area (TPSA) is 24.5 Å². The lowest BCUT2D eigenvalue weighted by Gasteiger charge is -2.41. The maximum Gasteiger partial charge on any atom is 0.0630 e. The van der Waals surface area contributed by atoms with Crippen molar-refractivity contribution in [1.82, 2.24) is 10.2 Å². The highest BCUT2D eigenvalue weighted by atomic mass is 16.5. The predicted octanol–water partition coefficient (Wildman–Crippen LogP) is 2.65. The van der Waals surface area contributed by atoms with Crippen LogP contribution < -0.4 is 5.32 Å². The fraction of sp³-hybridized carbons (Fsp3) is 1.00. The molecule has 2 rings (SSSR count). The summed E-state index contributed by atoms with van der Waals surface area (Å²) in [6.45, 7) is 6.74. The van der Waals surface area contributed by atoms with Crippen molar-refractivity contribution in [1.29, 1.82) is 0 Å². The standard InChI is InChI=1S/C16H32N2O/c1-16(2)9-7-14(8-10-16)18(3)15(12-19-4)11-17-13-5-6-13/h13-15,17H,5-12H2,1-4H3. The van der Waals surface area contributed by atoms with Gasteiger partial charge in [0.2, 0.25) is 0 Å². The zero-order chi connectivity index (χ0) is 13.9. The molecule has 0 aromatic heterocycles. The van der Waals surface area contributed by atoms with Crippen molar-refractivity contribution < 1.29 is 4.74 Å². The van der Waals surface area contributed by atoms with Crippen LogP contribution in [0.4, 0.5) is 0 Å². The number of hydrogen-bond acceptors (Lipinski definition) is 3. The van der Waals surface area contributed by atoms with Gasteiger partial charge in [0.25, 0.3) is 0 Å². The minimum Gasteiger partial charge on any atom is -0.383 e. The lowest BCUT2D eigenvalue weighted by Crippen LogP contribution is -2.49. The maximum absolute atomic E-state index is 5.43. The normalized spacial score (nSPS) is 25.7. The number of rotatable bonds is 7. The van der Waals surface area contributed by atoms with Gasteiger partial charge >= 0.3 is 0 Å². The van der Waals surface area contributed by atoms with E-state index in [-0.39, 0.29) is 0 Å². The van der Waals surface area contributed by atoms with E-state index in [1.165, 1.54) is 38.5 Å². The van der Waals surface area contributed by atoms with Gasteiger partial charge in [0.05, 0.1) is 6.61 Å². The summed E-state index contributed by atoms with van der Waals surface area (Å²) < 4.78 is 5.43. The molecule has 0 aliphatic heterocycles. The highest BCUT2D eigenvalue weighted by molar-refractivity contribution is 4.88. The first-order valence-electron chi connectivity index (χ1n) is 7.96. The van der Waals surface area contributed by atoms with E-state index in [4.69, 9.17) is 4.74 Å². The fourth-order valence-corrected chi connectivity index (χ4v) is 3.19. The molecule has 0 heterocycles. The Labute approximate surface area is 119 Å². The summed E-state index contributed by atoms with van der Waals surface area (Å²) in [4.78, 5) is 2.58. The third-order valence-corrected chi connectivity index (χ3v) is 5.04. The number of hydrogen-bond donors (Lipinski definition) is 1. The van der Waals surface area contributed by atoms with Crippen LogP contribution in [0.2, 0.25) is 0 Å². The van der Waals surface area contributed by atoms with Crippen LogP contribution in [-0.4, -0.2) is 50.3 Å². The van der Waals surface area contributed by atoms with Gasteiger partial charge in [-0.3, -0.25) is 4.90 Å². The third-order valence-electron chi connectivity index (χ3n) is 5.04. The van der Waals surface area contributed by atoms with Gasteiger partial charge in [-0.05, 0) is 51.0 Å². The van der Waals surface area contributed by atoms with Crippen molar-refractivity contribution in [2.24, 2.45) is 5.41 Å². The van der Waals surface area contributed by atoms with Gasteiger partial charge in [0.1, 0.15) is 0 Å². The molecule has 2 aliphatic carbocycles. The smallest absolute Gasteiger partial charge is 0.0630 e. The van der Waals surface area contributed by atoms with E-state index in [0.29, 0.717) is 11.5 Å². The highest BCUT2D eigenvalue weighted by Gasteiger charge is 2.32. The van der Waals surface area contributed by atoms with Gasteiger partial charge in [-0.2, -0.15) is 0 Å². The first-order valence-corrected chi connectivity index (χ1v) is 7.96. The van der Waals surface area contributed by atoms with Crippen molar-refractivity contribution in [3.05, 3.63) is 0 Å². The third kappa shape index (κ3) is 4.73. The monoisotopic (exact) mass is 268 g/mol. The van der Waals surface area contributed by atoms with E-state index >= 15 is 0 Å². The Morgan fingerprint density at radius 2 is 1.84 bits per heavy atom. The average molecular weight is 268 g/mol. The molecule has 2 aliphatic rings. The van der Waals surface area contributed by atoms with Gasteiger partial charge in [-0.25, -0.2) is 0 Å². The Kier molecular flexibility index (Phi) is 5.27. The second-order valence-corrected chi connectivity index (χ2v) is 7.35. The Bertz CT molecular complexity index is 266. The SMILES string of the molecule is COCC(CNC1CC1)N(C)C1CCC(C)(C)CC1. The van der Waals surface area contributed by atoms with E-state index in [1.807, 2.05) is 7.11 Å². The molecule has 2 fully saturated rings. The molecule has 0 spiro atoms. The minimum atomic E-state index is 0.525. The quantitative estimate of drug-likeness (QED) is 0.768. The van der Waals surface area contributed by atoms with Gasteiger partial charge in [0.15, 0.2) is 0 Å². The summed E-state index contributed by atoms with van der Waals surface area (Å²) in [5, 5.41) is 3.66. The van der Waals surface area contributed by atoms with Crippen LogP contribution >= 0.6 is 0 Å². The molecular weight excluding hydrogens is 236 g/mol. The largest absolute Gasteiger partial charge is 0.383 e. The Hall–Kier alpha value is -0.120. The van der Waals surface area contributed by atoms with E-state index in [2.05, 4.69) is 31.1 Å². The average Bonchev–Trinajstić information content (AvgIpc) is 3.17. The van der Waals surface area contributed by atoms with Crippen molar-refractivity contribution in [3.8, 4) is 0 Å². The molecule has 3 nitrogen and oxygen atoms in total. The lowest BCUT2D eigenvalue weighted by molar-refractivity contribution is 0.0494. The van der Waals surface area contributed by atoms with Crippen molar-refractivity contribution in [3.63, 3.8) is 0 Å². The van der Waals surface area contributed by atoms with Gasteiger partial charge in [-0.15, -0.1) is 0 Å². The van der Waals surface area contributed by atoms with Crippen LogP contribution in [0, 0.1) is 5.41 Å². The Morgan fingerprint density at radius 3 is 2.37 bits per heavy atom. The molecule has 1 N–H and O–H groups in total. The second-order valence-electron chi connectivity index (χ2n) is 7.35. The maximum atomic E-state index is 5.43.